The molecule has 1 aromatic heterocycles. The lowest BCUT2D eigenvalue weighted by Gasteiger charge is -2.03. The van der Waals surface area contributed by atoms with Crippen molar-refractivity contribution < 1.29 is 0 Å². The molecule has 0 amide bonds. The molecule has 0 aliphatic carbocycles. The quantitative estimate of drug-likeness (QED) is 0.790. The molecule has 1 aromatic carbocycles. The van der Waals surface area contributed by atoms with Crippen molar-refractivity contribution in [3.05, 3.63) is 45.6 Å². The van der Waals surface area contributed by atoms with Crippen molar-refractivity contribution in [2.45, 2.75) is 6.54 Å². The van der Waals surface area contributed by atoms with Crippen LogP contribution >= 0.6 is 11.6 Å². The van der Waals surface area contributed by atoms with Gasteiger partial charge in [0, 0.05) is 7.05 Å². The van der Waals surface area contributed by atoms with E-state index in [-0.39, 0.29) is 5.69 Å². The number of benzene rings is 1. The van der Waals surface area contributed by atoms with Crippen LogP contribution in [-0.2, 0) is 13.6 Å². The van der Waals surface area contributed by atoms with Crippen molar-refractivity contribution >= 4 is 17.3 Å². The maximum atomic E-state index is 11.5. The van der Waals surface area contributed by atoms with Gasteiger partial charge < -0.3 is 5.73 Å². The highest BCUT2D eigenvalue weighted by Gasteiger charge is 2.04. The average molecular weight is 239 g/mol. The summed E-state index contributed by atoms with van der Waals surface area (Å²) in [7, 11) is 1.65. The molecule has 84 valence electrons. The molecule has 0 fully saturated rings. The van der Waals surface area contributed by atoms with Crippen LogP contribution in [0.3, 0.4) is 0 Å². The van der Waals surface area contributed by atoms with Crippen molar-refractivity contribution in [1.29, 1.82) is 0 Å². The lowest BCUT2D eigenvalue weighted by atomic mass is 10.2. The Bertz CT molecular complexity index is 572. The molecule has 2 N–H and O–H groups in total. The zero-order valence-corrected chi connectivity index (χ0v) is 9.48. The predicted molar refractivity (Wildman–Crippen MR) is 62.4 cm³/mol. The van der Waals surface area contributed by atoms with Crippen LogP contribution in [0.2, 0.25) is 5.02 Å². The number of halogens is 1. The summed E-state index contributed by atoms with van der Waals surface area (Å²) in [6.07, 6.45) is 1.47. The molecule has 16 heavy (non-hydrogen) atoms. The Kier molecular flexibility index (Phi) is 2.70. The molecular formula is C10H11ClN4O. The van der Waals surface area contributed by atoms with Crippen molar-refractivity contribution in [3.63, 3.8) is 0 Å². The molecule has 0 atom stereocenters. The van der Waals surface area contributed by atoms with Crippen LogP contribution in [0.4, 0.5) is 5.69 Å². The van der Waals surface area contributed by atoms with E-state index < -0.39 is 0 Å². The molecule has 1 heterocycles. The minimum atomic E-state index is -0.159. The van der Waals surface area contributed by atoms with Gasteiger partial charge in [-0.1, -0.05) is 17.7 Å². The maximum absolute atomic E-state index is 11.5. The van der Waals surface area contributed by atoms with Crippen LogP contribution in [0, 0.1) is 0 Å². The molecule has 0 saturated carbocycles. The van der Waals surface area contributed by atoms with Gasteiger partial charge in [-0.3, -0.25) is 4.57 Å². The fraction of sp³-hybridized carbons (Fsp3) is 0.200. The summed E-state index contributed by atoms with van der Waals surface area (Å²) in [5.41, 5.74) is 6.91. The number of anilines is 1. The van der Waals surface area contributed by atoms with E-state index in [1.807, 2.05) is 6.07 Å². The fourth-order valence-electron chi connectivity index (χ4n) is 1.39. The molecule has 0 unspecified atom stereocenters. The zero-order valence-electron chi connectivity index (χ0n) is 8.72. The van der Waals surface area contributed by atoms with Gasteiger partial charge in [-0.25, -0.2) is 9.48 Å². The molecular weight excluding hydrogens is 228 g/mol. The van der Waals surface area contributed by atoms with Crippen molar-refractivity contribution in [1.82, 2.24) is 14.3 Å². The second-order valence-corrected chi connectivity index (χ2v) is 3.95. The van der Waals surface area contributed by atoms with E-state index in [9.17, 15) is 4.79 Å². The second-order valence-electron chi connectivity index (χ2n) is 3.54. The molecule has 2 rings (SSSR count). The topological polar surface area (TPSA) is 65.8 Å². The molecule has 0 radical (unpaired) electrons. The van der Waals surface area contributed by atoms with Gasteiger partial charge in [-0.2, -0.15) is 5.10 Å². The summed E-state index contributed by atoms with van der Waals surface area (Å²) >= 11 is 5.81. The van der Waals surface area contributed by atoms with Crippen molar-refractivity contribution in [2.24, 2.45) is 7.05 Å². The van der Waals surface area contributed by atoms with Crippen LogP contribution in [0.15, 0.2) is 29.3 Å². The largest absolute Gasteiger partial charge is 0.398 e. The van der Waals surface area contributed by atoms with E-state index in [0.29, 0.717) is 17.3 Å². The van der Waals surface area contributed by atoms with E-state index in [1.54, 1.807) is 19.2 Å². The number of hydrogen-bond donors (Lipinski definition) is 1. The number of nitrogens with two attached hydrogens (primary N) is 1. The molecule has 6 heteroatoms. The van der Waals surface area contributed by atoms with Crippen molar-refractivity contribution in [3.8, 4) is 0 Å². The first kappa shape index (κ1) is 10.8. The Hall–Kier alpha value is -1.75. The second kappa shape index (κ2) is 4.02. The van der Waals surface area contributed by atoms with Gasteiger partial charge >= 0.3 is 5.69 Å². The monoisotopic (exact) mass is 238 g/mol. The number of nitrogen functional groups attached to an aromatic ring is 1. The van der Waals surface area contributed by atoms with Crippen LogP contribution in [0.5, 0.6) is 0 Å². The summed E-state index contributed by atoms with van der Waals surface area (Å²) in [5, 5.41) is 4.47. The van der Waals surface area contributed by atoms with Gasteiger partial charge in [0.1, 0.15) is 6.33 Å². The van der Waals surface area contributed by atoms with Crippen LogP contribution in [-0.4, -0.2) is 14.3 Å². The lowest BCUT2D eigenvalue weighted by Crippen LogP contribution is -2.23. The SMILES string of the molecule is Cn1cnn(Cc2ccc(Cl)c(N)c2)c1=O. The number of rotatable bonds is 2. The summed E-state index contributed by atoms with van der Waals surface area (Å²) in [5.74, 6) is 0. The highest BCUT2D eigenvalue weighted by Crippen LogP contribution is 2.19. The van der Waals surface area contributed by atoms with E-state index in [1.165, 1.54) is 15.6 Å². The summed E-state index contributed by atoms with van der Waals surface area (Å²) < 4.78 is 2.78. The number of aryl methyl sites for hydroxylation is 1. The Labute approximate surface area is 97.1 Å². The van der Waals surface area contributed by atoms with E-state index in [4.69, 9.17) is 17.3 Å². The minimum absolute atomic E-state index is 0.159. The average Bonchev–Trinajstić information content (AvgIpc) is 2.55. The third kappa shape index (κ3) is 1.94. The zero-order chi connectivity index (χ0) is 11.7. The van der Waals surface area contributed by atoms with Crippen LogP contribution in [0.25, 0.3) is 0 Å². The summed E-state index contributed by atoms with van der Waals surface area (Å²) in [6, 6.07) is 5.27. The van der Waals surface area contributed by atoms with Gasteiger partial charge in [-0.15, -0.1) is 0 Å². The Balaban J connectivity index is 2.31. The molecule has 2 aromatic rings. The normalized spacial score (nSPS) is 10.6. The third-order valence-electron chi connectivity index (χ3n) is 2.28. The molecule has 0 bridgehead atoms. The number of hydrogen-bond acceptors (Lipinski definition) is 3. The third-order valence-corrected chi connectivity index (χ3v) is 2.62. The molecule has 0 saturated heterocycles. The summed E-state index contributed by atoms with van der Waals surface area (Å²) in [4.78, 5) is 11.5. The molecule has 0 spiro atoms. The Morgan fingerprint density at radius 1 is 1.50 bits per heavy atom. The summed E-state index contributed by atoms with van der Waals surface area (Å²) in [6.45, 7) is 0.390. The Morgan fingerprint density at radius 3 is 2.81 bits per heavy atom. The highest BCUT2D eigenvalue weighted by atomic mass is 35.5. The minimum Gasteiger partial charge on any atom is -0.398 e. The first-order chi connectivity index (χ1) is 7.58. The van der Waals surface area contributed by atoms with Crippen molar-refractivity contribution in [2.75, 3.05) is 5.73 Å². The standard InChI is InChI=1S/C10H11ClN4O/c1-14-6-13-15(10(14)16)5-7-2-3-8(11)9(12)4-7/h2-4,6H,5,12H2,1H3. The lowest BCUT2D eigenvalue weighted by molar-refractivity contribution is 0.647. The van der Waals surface area contributed by atoms with Gasteiger partial charge in [0.15, 0.2) is 0 Å². The smallest absolute Gasteiger partial charge is 0.345 e. The predicted octanol–water partition coefficient (Wildman–Crippen LogP) is 0.866. The fourth-order valence-corrected chi connectivity index (χ4v) is 1.51. The number of nitrogens with zero attached hydrogens (tertiary/aromatic N) is 3. The number of aromatic nitrogens is 3. The van der Waals surface area contributed by atoms with Crippen LogP contribution in [0.1, 0.15) is 5.56 Å². The van der Waals surface area contributed by atoms with Gasteiger partial charge in [0.2, 0.25) is 0 Å². The molecule has 5 nitrogen and oxygen atoms in total. The van der Waals surface area contributed by atoms with Gasteiger partial charge in [-0.05, 0) is 17.7 Å². The van der Waals surface area contributed by atoms with Crippen LogP contribution < -0.4 is 11.4 Å². The first-order valence-corrected chi connectivity index (χ1v) is 5.08. The molecule has 0 aliphatic heterocycles. The van der Waals surface area contributed by atoms with E-state index in [2.05, 4.69) is 5.10 Å². The highest BCUT2D eigenvalue weighted by molar-refractivity contribution is 6.33. The molecule has 0 aliphatic rings. The first-order valence-electron chi connectivity index (χ1n) is 4.70. The van der Waals surface area contributed by atoms with Gasteiger partial charge in [0.05, 0.1) is 17.3 Å². The van der Waals surface area contributed by atoms with Gasteiger partial charge in [0.25, 0.3) is 0 Å². The van der Waals surface area contributed by atoms with E-state index in [0.717, 1.165) is 5.56 Å². The maximum Gasteiger partial charge on any atom is 0.345 e. The Morgan fingerprint density at radius 2 is 2.25 bits per heavy atom. The van der Waals surface area contributed by atoms with E-state index >= 15 is 0 Å².